The number of amides is 1. The van der Waals surface area contributed by atoms with Crippen molar-refractivity contribution in [3.05, 3.63) is 51.4 Å². The van der Waals surface area contributed by atoms with Crippen molar-refractivity contribution in [3.8, 4) is 22.8 Å². The van der Waals surface area contributed by atoms with Crippen LogP contribution < -0.4 is 9.47 Å². The summed E-state index contributed by atoms with van der Waals surface area (Å²) >= 11 is 13.2. The molecule has 10 heteroatoms. The van der Waals surface area contributed by atoms with Gasteiger partial charge < -0.3 is 19.5 Å². The first-order valence-corrected chi connectivity index (χ1v) is 11.5. The third-order valence-corrected chi connectivity index (χ3v) is 7.20. The SMILES string of the molecule is COc1ncc(Cl)c2ccc(C)c(-c3c(F)cc4c(c3Cl)OC[C@H]3CN(C(=O)O)CCN3C4)c12. The zero-order valence-electron chi connectivity index (χ0n) is 18.6. The smallest absolute Gasteiger partial charge is 0.407 e. The topological polar surface area (TPSA) is 75.1 Å². The molecule has 1 atom stereocenters. The molecule has 0 unspecified atom stereocenters. The largest absolute Gasteiger partial charge is 0.490 e. The first-order chi connectivity index (χ1) is 16.3. The van der Waals surface area contributed by atoms with Gasteiger partial charge in [0.05, 0.1) is 34.8 Å². The van der Waals surface area contributed by atoms with Gasteiger partial charge in [-0.05, 0) is 18.6 Å². The number of methoxy groups -OCH3 is 1. The Hall–Kier alpha value is -2.81. The lowest BCUT2D eigenvalue weighted by molar-refractivity contribution is 0.0503. The van der Waals surface area contributed by atoms with Gasteiger partial charge in [-0.25, -0.2) is 14.2 Å². The summed E-state index contributed by atoms with van der Waals surface area (Å²) in [7, 11) is 1.50. The Bertz CT molecular complexity index is 1320. The Morgan fingerprint density at radius 1 is 1.29 bits per heavy atom. The lowest BCUT2D eigenvalue weighted by atomic mass is 9.93. The molecule has 2 aliphatic rings. The van der Waals surface area contributed by atoms with Gasteiger partial charge in [-0.1, -0.05) is 35.3 Å². The van der Waals surface area contributed by atoms with Gasteiger partial charge in [0.25, 0.3) is 0 Å². The standard InChI is InChI=1S/C24H22Cl2FN3O4/c1-12-3-4-15-16(25)8-28-23(33-2)19(15)18(12)20-17(27)7-13-9-29-5-6-30(24(31)32)10-14(29)11-34-22(13)21(20)26/h3-4,7-8,14H,5-6,9-11H2,1-2H3,(H,31,32)/t14-/m1/s1. The van der Waals surface area contributed by atoms with E-state index >= 15 is 4.39 Å². The summed E-state index contributed by atoms with van der Waals surface area (Å²) in [4.78, 5) is 19.2. The first-order valence-electron chi connectivity index (χ1n) is 10.8. The second-order valence-corrected chi connectivity index (χ2v) is 9.28. The van der Waals surface area contributed by atoms with Gasteiger partial charge in [-0.3, -0.25) is 4.90 Å². The van der Waals surface area contributed by atoms with Gasteiger partial charge >= 0.3 is 6.09 Å². The summed E-state index contributed by atoms with van der Waals surface area (Å²) in [5, 5.41) is 11.2. The molecule has 2 aliphatic heterocycles. The van der Waals surface area contributed by atoms with Crippen molar-refractivity contribution in [3.63, 3.8) is 0 Å². The van der Waals surface area contributed by atoms with Gasteiger partial charge in [-0.2, -0.15) is 0 Å². The number of aryl methyl sites for hydroxylation is 1. The molecule has 0 bridgehead atoms. The third-order valence-electron chi connectivity index (χ3n) is 6.54. The van der Waals surface area contributed by atoms with Gasteiger partial charge in [0, 0.05) is 48.3 Å². The molecule has 7 nitrogen and oxygen atoms in total. The lowest BCUT2D eigenvalue weighted by Crippen LogP contribution is -2.55. The lowest BCUT2D eigenvalue weighted by Gasteiger charge is -2.38. The second-order valence-electron chi connectivity index (χ2n) is 8.49. The highest BCUT2D eigenvalue weighted by Gasteiger charge is 2.34. The van der Waals surface area contributed by atoms with Crippen molar-refractivity contribution in [2.75, 3.05) is 33.4 Å². The molecule has 178 valence electrons. The number of pyridine rings is 1. The Morgan fingerprint density at radius 3 is 2.82 bits per heavy atom. The van der Waals surface area contributed by atoms with Crippen molar-refractivity contribution in [1.82, 2.24) is 14.8 Å². The molecule has 0 radical (unpaired) electrons. The van der Waals surface area contributed by atoms with Crippen molar-refractivity contribution in [2.45, 2.75) is 19.5 Å². The molecule has 1 N–H and O–H groups in total. The molecule has 1 amide bonds. The normalized spacial score (nSPS) is 18.1. The van der Waals surface area contributed by atoms with Crippen LogP contribution in [0.1, 0.15) is 11.1 Å². The molecular weight excluding hydrogens is 484 g/mol. The van der Waals surface area contributed by atoms with Gasteiger partial charge in [0.2, 0.25) is 5.88 Å². The molecule has 5 rings (SSSR count). The molecule has 0 aliphatic carbocycles. The molecule has 34 heavy (non-hydrogen) atoms. The van der Waals surface area contributed by atoms with Crippen molar-refractivity contribution >= 4 is 40.1 Å². The highest BCUT2D eigenvalue weighted by molar-refractivity contribution is 6.37. The number of piperazine rings is 1. The Balaban J connectivity index is 1.65. The minimum atomic E-state index is -0.958. The Labute approximate surface area is 205 Å². The predicted molar refractivity (Wildman–Crippen MR) is 128 cm³/mol. The average Bonchev–Trinajstić information content (AvgIpc) is 2.99. The molecule has 0 saturated carbocycles. The van der Waals surface area contributed by atoms with E-state index in [2.05, 4.69) is 9.88 Å². The van der Waals surface area contributed by atoms with Crippen LogP contribution in [0.2, 0.25) is 10.0 Å². The molecule has 2 aromatic carbocycles. The van der Waals surface area contributed by atoms with Crippen molar-refractivity contribution in [2.24, 2.45) is 0 Å². The van der Waals surface area contributed by atoms with Crippen LogP contribution in [0.5, 0.6) is 11.6 Å². The number of rotatable bonds is 2. The number of nitrogens with zero attached hydrogens (tertiary/aromatic N) is 3. The van der Waals surface area contributed by atoms with E-state index in [0.717, 1.165) is 5.56 Å². The third kappa shape index (κ3) is 3.70. The van der Waals surface area contributed by atoms with Crippen molar-refractivity contribution in [1.29, 1.82) is 0 Å². The average molecular weight is 506 g/mol. The minimum Gasteiger partial charge on any atom is -0.490 e. The molecule has 0 spiro atoms. The molecule has 3 aromatic rings. The fourth-order valence-corrected chi connectivity index (χ4v) is 5.41. The van der Waals surface area contributed by atoms with Crippen LogP contribution in [-0.2, 0) is 6.54 Å². The van der Waals surface area contributed by atoms with E-state index in [1.54, 1.807) is 0 Å². The molecule has 1 saturated heterocycles. The predicted octanol–water partition coefficient (Wildman–Crippen LogP) is 5.22. The Kier molecular flexibility index (Phi) is 5.91. The highest BCUT2D eigenvalue weighted by Crippen LogP contribution is 2.47. The van der Waals surface area contributed by atoms with E-state index < -0.39 is 11.9 Å². The summed E-state index contributed by atoms with van der Waals surface area (Å²) in [6, 6.07) is 5.00. The highest BCUT2D eigenvalue weighted by atomic mass is 35.5. The van der Waals surface area contributed by atoms with Crippen LogP contribution in [0.25, 0.3) is 21.9 Å². The first kappa shape index (κ1) is 23.0. The summed E-state index contributed by atoms with van der Waals surface area (Å²) in [6.45, 7) is 3.75. The van der Waals surface area contributed by atoms with Crippen LogP contribution in [-0.4, -0.2) is 65.4 Å². The van der Waals surface area contributed by atoms with Crippen LogP contribution in [0, 0.1) is 12.7 Å². The maximum absolute atomic E-state index is 15.8. The van der Waals surface area contributed by atoms with Crippen LogP contribution in [0.15, 0.2) is 24.4 Å². The number of benzene rings is 2. The van der Waals surface area contributed by atoms with Gasteiger partial charge in [-0.15, -0.1) is 0 Å². The quantitative estimate of drug-likeness (QED) is 0.514. The molecular formula is C24H22Cl2FN3O4. The number of carbonyl (C=O) groups is 1. The molecule has 1 fully saturated rings. The Morgan fingerprint density at radius 2 is 2.09 bits per heavy atom. The number of hydrogen-bond donors (Lipinski definition) is 1. The fraction of sp³-hybridized carbons (Fsp3) is 0.333. The second kappa shape index (κ2) is 8.76. The van der Waals surface area contributed by atoms with E-state index in [1.807, 2.05) is 19.1 Å². The molecule has 1 aromatic heterocycles. The number of halogens is 3. The zero-order valence-corrected chi connectivity index (χ0v) is 20.1. The molecule has 3 heterocycles. The minimum absolute atomic E-state index is 0.151. The van der Waals surface area contributed by atoms with Crippen LogP contribution >= 0.6 is 23.2 Å². The number of fused-ring (bicyclic) bond motifs is 3. The van der Waals surface area contributed by atoms with E-state index in [4.69, 9.17) is 32.7 Å². The maximum atomic E-state index is 15.8. The number of hydrogen-bond acceptors (Lipinski definition) is 5. The van der Waals surface area contributed by atoms with E-state index in [0.29, 0.717) is 64.7 Å². The number of ether oxygens (including phenoxy) is 2. The monoisotopic (exact) mass is 505 g/mol. The summed E-state index contributed by atoms with van der Waals surface area (Å²) in [6.07, 6.45) is 0.539. The van der Waals surface area contributed by atoms with Gasteiger partial charge in [0.1, 0.15) is 18.2 Å². The van der Waals surface area contributed by atoms with E-state index in [9.17, 15) is 9.90 Å². The fourth-order valence-electron chi connectivity index (χ4n) is 4.84. The summed E-state index contributed by atoms with van der Waals surface area (Å²) < 4.78 is 27.3. The van der Waals surface area contributed by atoms with Crippen molar-refractivity contribution < 1.29 is 23.8 Å². The number of carboxylic acid groups (broad SMARTS) is 1. The van der Waals surface area contributed by atoms with Crippen LogP contribution in [0.4, 0.5) is 9.18 Å². The van der Waals surface area contributed by atoms with E-state index in [-0.39, 0.29) is 23.2 Å². The summed E-state index contributed by atoms with van der Waals surface area (Å²) in [5.41, 5.74) is 2.13. The van der Waals surface area contributed by atoms with Gasteiger partial charge in [0.15, 0.2) is 0 Å². The summed E-state index contributed by atoms with van der Waals surface area (Å²) in [5.74, 6) is 0.225. The number of aromatic nitrogens is 1. The zero-order chi connectivity index (χ0) is 24.1. The van der Waals surface area contributed by atoms with E-state index in [1.165, 1.54) is 24.3 Å². The van der Waals surface area contributed by atoms with Crippen LogP contribution in [0.3, 0.4) is 0 Å². The maximum Gasteiger partial charge on any atom is 0.407 e.